The smallest absolute Gasteiger partial charge is 0.236 e. The van der Waals surface area contributed by atoms with E-state index in [1.54, 1.807) is 17.5 Å². The van der Waals surface area contributed by atoms with E-state index in [9.17, 15) is 4.79 Å². The van der Waals surface area contributed by atoms with Crippen LogP contribution in [0.15, 0.2) is 11.6 Å². The summed E-state index contributed by atoms with van der Waals surface area (Å²) >= 11 is 1.62. The predicted molar refractivity (Wildman–Crippen MR) is 68.9 cm³/mol. The summed E-state index contributed by atoms with van der Waals surface area (Å²) in [6.07, 6.45) is 4.13. The molecule has 0 bridgehead atoms. The van der Waals surface area contributed by atoms with Gasteiger partial charge in [0.2, 0.25) is 5.91 Å². The summed E-state index contributed by atoms with van der Waals surface area (Å²) < 4.78 is 0. The van der Waals surface area contributed by atoms with E-state index in [1.807, 2.05) is 24.1 Å². The van der Waals surface area contributed by atoms with Crippen molar-refractivity contribution < 1.29 is 4.79 Å². The van der Waals surface area contributed by atoms with Crippen molar-refractivity contribution in [3.05, 3.63) is 16.6 Å². The molecule has 1 atom stereocenters. The highest BCUT2D eigenvalue weighted by atomic mass is 32.1. The molecule has 17 heavy (non-hydrogen) atoms. The number of carbonyl (C=O) groups is 1. The van der Waals surface area contributed by atoms with Gasteiger partial charge in [-0.15, -0.1) is 11.3 Å². The van der Waals surface area contributed by atoms with E-state index in [-0.39, 0.29) is 11.9 Å². The number of rotatable bonds is 6. The molecule has 1 aliphatic rings. The Bertz CT molecular complexity index is 362. The van der Waals surface area contributed by atoms with Crippen molar-refractivity contribution in [2.75, 3.05) is 13.1 Å². The highest BCUT2D eigenvalue weighted by Crippen LogP contribution is 2.26. The zero-order valence-corrected chi connectivity index (χ0v) is 11.2. The fraction of sp³-hybridized carbons (Fsp3) is 0.667. The van der Waals surface area contributed by atoms with E-state index < -0.39 is 0 Å². The van der Waals surface area contributed by atoms with Crippen LogP contribution in [0.5, 0.6) is 0 Å². The zero-order chi connectivity index (χ0) is 12.3. The average molecular weight is 253 g/mol. The number of amides is 1. The van der Waals surface area contributed by atoms with Crippen molar-refractivity contribution >= 4 is 17.2 Å². The molecular formula is C12H19N3OS. The third kappa shape index (κ3) is 3.26. The molecule has 1 N–H and O–H groups in total. The number of nitrogens with one attached hydrogen (secondary N) is 1. The minimum Gasteiger partial charge on any atom is -0.339 e. The monoisotopic (exact) mass is 253 g/mol. The van der Waals surface area contributed by atoms with E-state index in [0.29, 0.717) is 12.6 Å². The Labute approximate surface area is 106 Å². The highest BCUT2D eigenvalue weighted by molar-refractivity contribution is 7.09. The van der Waals surface area contributed by atoms with Gasteiger partial charge in [-0.2, -0.15) is 0 Å². The van der Waals surface area contributed by atoms with Crippen LogP contribution in [0.4, 0.5) is 0 Å². The normalized spacial score (nSPS) is 16.8. The summed E-state index contributed by atoms with van der Waals surface area (Å²) in [6.45, 7) is 5.31. The zero-order valence-electron chi connectivity index (χ0n) is 10.3. The third-order valence-corrected chi connectivity index (χ3v) is 3.99. The van der Waals surface area contributed by atoms with Crippen LogP contribution >= 0.6 is 11.3 Å². The fourth-order valence-corrected chi connectivity index (χ4v) is 2.57. The van der Waals surface area contributed by atoms with Crippen LogP contribution in [-0.4, -0.2) is 34.9 Å². The van der Waals surface area contributed by atoms with Crippen molar-refractivity contribution in [3.63, 3.8) is 0 Å². The molecule has 1 saturated carbocycles. The molecule has 0 spiro atoms. The molecule has 0 aliphatic heterocycles. The largest absolute Gasteiger partial charge is 0.339 e. The minimum absolute atomic E-state index is 0.150. The van der Waals surface area contributed by atoms with Crippen molar-refractivity contribution in [2.24, 2.45) is 0 Å². The summed E-state index contributed by atoms with van der Waals surface area (Å²) in [5, 5.41) is 6.23. The van der Waals surface area contributed by atoms with E-state index in [2.05, 4.69) is 10.3 Å². The van der Waals surface area contributed by atoms with Gasteiger partial charge in [0.1, 0.15) is 5.01 Å². The van der Waals surface area contributed by atoms with Gasteiger partial charge in [-0.3, -0.25) is 10.1 Å². The van der Waals surface area contributed by atoms with E-state index in [0.717, 1.165) is 11.6 Å². The van der Waals surface area contributed by atoms with Gasteiger partial charge in [0.25, 0.3) is 0 Å². The number of nitrogens with zero attached hydrogens (tertiary/aromatic N) is 2. The minimum atomic E-state index is 0.150. The second-order valence-electron chi connectivity index (χ2n) is 4.38. The predicted octanol–water partition coefficient (Wildman–Crippen LogP) is 1.80. The lowest BCUT2D eigenvalue weighted by molar-refractivity contribution is -0.130. The molecule has 4 nitrogen and oxygen atoms in total. The van der Waals surface area contributed by atoms with Crippen LogP contribution in [0, 0.1) is 0 Å². The molecule has 0 radical (unpaired) electrons. The highest BCUT2D eigenvalue weighted by Gasteiger charge is 2.31. The Morgan fingerprint density at radius 1 is 1.71 bits per heavy atom. The maximum absolute atomic E-state index is 12.0. The number of aromatic nitrogens is 1. The lowest BCUT2D eigenvalue weighted by Crippen LogP contribution is -2.40. The molecule has 0 saturated heterocycles. The number of hydrogen-bond donors (Lipinski definition) is 1. The van der Waals surface area contributed by atoms with Gasteiger partial charge in [0, 0.05) is 24.2 Å². The van der Waals surface area contributed by atoms with Gasteiger partial charge in [-0.05, 0) is 26.7 Å². The molecule has 1 unspecified atom stereocenters. The molecule has 1 aromatic rings. The number of likely N-dealkylation sites (N-methyl/N-ethyl adjacent to an activating group) is 1. The van der Waals surface area contributed by atoms with Crippen molar-refractivity contribution in [1.29, 1.82) is 0 Å². The molecule has 5 heteroatoms. The lowest BCUT2D eigenvalue weighted by Gasteiger charge is -2.21. The first kappa shape index (κ1) is 12.5. The van der Waals surface area contributed by atoms with Crippen LogP contribution in [-0.2, 0) is 4.79 Å². The van der Waals surface area contributed by atoms with Gasteiger partial charge in [-0.25, -0.2) is 4.98 Å². The lowest BCUT2D eigenvalue weighted by atomic mass is 10.3. The van der Waals surface area contributed by atoms with Crippen LogP contribution < -0.4 is 5.32 Å². The summed E-state index contributed by atoms with van der Waals surface area (Å²) in [5.74, 6) is 0.207. The molecule has 94 valence electrons. The third-order valence-electron chi connectivity index (χ3n) is 3.03. The first-order valence-corrected chi connectivity index (χ1v) is 7.02. The topological polar surface area (TPSA) is 45.2 Å². The summed E-state index contributed by atoms with van der Waals surface area (Å²) in [4.78, 5) is 18.2. The molecule has 1 heterocycles. The second kappa shape index (κ2) is 5.60. The van der Waals surface area contributed by atoms with Gasteiger partial charge < -0.3 is 4.90 Å². The van der Waals surface area contributed by atoms with Crippen LogP contribution in [0.2, 0.25) is 0 Å². The molecule has 1 fully saturated rings. The van der Waals surface area contributed by atoms with E-state index >= 15 is 0 Å². The number of hydrogen-bond acceptors (Lipinski definition) is 4. The summed E-state index contributed by atoms with van der Waals surface area (Å²) in [7, 11) is 0. The Morgan fingerprint density at radius 2 is 2.47 bits per heavy atom. The van der Waals surface area contributed by atoms with E-state index in [1.165, 1.54) is 12.8 Å². The maximum Gasteiger partial charge on any atom is 0.236 e. The Morgan fingerprint density at radius 3 is 3.00 bits per heavy atom. The number of thiazole rings is 1. The van der Waals surface area contributed by atoms with E-state index in [4.69, 9.17) is 0 Å². The summed E-state index contributed by atoms with van der Waals surface area (Å²) in [6, 6.07) is 0.654. The molecule has 1 amide bonds. The first-order chi connectivity index (χ1) is 8.22. The summed E-state index contributed by atoms with van der Waals surface area (Å²) in [5.41, 5.74) is 0. The van der Waals surface area contributed by atoms with Gasteiger partial charge in [-0.1, -0.05) is 0 Å². The van der Waals surface area contributed by atoms with Crippen molar-refractivity contribution in [2.45, 2.75) is 38.8 Å². The Hall–Kier alpha value is -0.940. The maximum atomic E-state index is 12.0. The van der Waals surface area contributed by atoms with Crippen LogP contribution in [0.25, 0.3) is 0 Å². The average Bonchev–Trinajstić information content (AvgIpc) is 3.00. The van der Waals surface area contributed by atoms with Gasteiger partial charge >= 0.3 is 0 Å². The molecule has 2 rings (SSSR count). The molecule has 1 aromatic heterocycles. The molecule has 1 aliphatic carbocycles. The van der Waals surface area contributed by atoms with Gasteiger partial charge in [0.15, 0.2) is 0 Å². The fourth-order valence-electron chi connectivity index (χ4n) is 1.90. The first-order valence-electron chi connectivity index (χ1n) is 6.14. The molecular weight excluding hydrogens is 234 g/mol. The SMILES string of the molecule is CCN(C(=O)CNC(C)c1nccs1)C1CC1. The van der Waals surface area contributed by atoms with Gasteiger partial charge in [0.05, 0.1) is 12.6 Å². The van der Waals surface area contributed by atoms with Crippen LogP contribution in [0.3, 0.4) is 0 Å². The number of carbonyl (C=O) groups excluding carboxylic acids is 1. The Balaban J connectivity index is 1.79. The second-order valence-corrected chi connectivity index (χ2v) is 5.31. The molecule has 0 aromatic carbocycles. The van der Waals surface area contributed by atoms with Crippen molar-refractivity contribution in [3.8, 4) is 0 Å². The quantitative estimate of drug-likeness (QED) is 0.841. The van der Waals surface area contributed by atoms with Crippen molar-refractivity contribution in [1.82, 2.24) is 15.2 Å². The van der Waals surface area contributed by atoms with Crippen LogP contribution in [0.1, 0.15) is 37.7 Å². The Kier molecular flexibility index (Phi) is 4.12. The standard InChI is InChI=1S/C12H19N3OS/c1-3-15(10-4-5-10)11(16)8-14-9(2)12-13-6-7-17-12/h6-7,9-10,14H,3-5,8H2,1-2H3.